The summed E-state index contributed by atoms with van der Waals surface area (Å²) in [7, 11) is -3.03. The van der Waals surface area contributed by atoms with E-state index in [9.17, 15) is 18.0 Å². The van der Waals surface area contributed by atoms with E-state index in [1.165, 1.54) is 0 Å². The molecule has 0 bridgehead atoms. The van der Waals surface area contributed by atoms with Crippen LogP contribution in [0, 0.1) is 0 Å². The van der Waals surface area contributed by atoms with Crippen molar-refractivity contribution in [2.24, 2.45) is 0 Å². The van der Waals surface area contributed by atoms with Crippen LogP contribution in [0.4, 0.5) is 4.79 Å². The summed E-state index contributed by atoms with van der Waals surface area (Å²) in [6.07, 6.45) is 3.55. The molecule has 2 saturated heterocycles. The van der Waals surface area contributed by atoms with Crippen LogP contribution >= 0.6 is 0 Å². The molecule has 0 aromatic rings. The monoisotopic (exact) mass is 331 g/mol. The van der Waals surface area contributed by atoms with Gasteiger partial charge in [0.2, 0.25) is 5.91 Å². The van der Waals surface area contributed by atoms with E-state index in [-0.39, 0.29) is 29.5 Å². The zero-order chi connectivity index (χ0) is 16.3. The molecule has 0 saturated carbocycles. The molecule has 2 heterocycles. The van der Waals surface area contributed by atoms with E-state index >= 15 is 0 Å². The van der Waals surface area contributed by atoms with E-state index in [0.717, 1.165) is 25.8 Å². The van der Waals surface area contributed by atoms with Crippen LogP contribution in [0.2, 0.25) is 0 Å². The van der Waals surface area contributed by atoms with Gasteiger partial charge in [0.05, 0.1) is 11.5 Å². The molecule has 0 aromatic heterocycles. The second kappa shape index (κ2) is 6.85. The number of hydrogen-bond acceptors (Lipinski definition) is 4. The summed E-state index contributed by atoms with van der Waals surface area (Å²) in [5.74, 6) is 0.00489. The van der Waals surface area contributed by atoms with E-state index in [1.54, 1.807) is 6.92 Å². The van der Waals surface area contributed by atoms with Crippen LogP contribution in [0.15, 0.2) is 0 Å². The topological polar surface area (TPSA) is 95.6 Å². The molecule has 2 aliphatic rings. The Morgan fingerprint density at radius 3 is 2.55 bits per heavy atom. The van der Waals surface area contributed by atoms with Gasteiger partial charge in [-0.25, -0.2) is 13.2 Å². The Kier molecular flexibility index (Phi) is 5.31. The number of hydrogen-bond donors (Lipinski definition) is 2. The summed E-state index contributed by atoms with van der Waals surface area (Å²) in [5, 5.41) is 5.25. The maximum absolute atomic E-state index is 12.4. The van der Waals surface area contributed by atoms with Gasteiger partial charge in [-0.15, -0.1) is 0 Å². The lowest BCUT2D eigenvalue weighted by molar-refractivity contribution is -0.136. The lowest BCUT2D eigenvalue weighted by atomic mass is 10.0. The predicted molar refractivity (Wildman–Crippen MR) is 83.2 cm³/mol. The number of nitrogens with one attached hydrogen (secondary N) is 2. The van der Waals surface area contributed by atoms with Crippen molar-refractivity contribution in [1.82, 2.24) is 15.5 Å². The SMILES string of the molecule is C[C@H](NC(=O)N[C@H]1CCS(=O)(=O)C1)C(=O)N1CCCC[C@H]1C. The molecule has 22 heavy (non-hydrogen) atoms. The van der Waals surface area contributed by atoms with Gasteiger partial charge < -0.3 is 15.5 Å². The first-order valence-electron chi connectivity index (χ1n) is 7.86. The van der Waals surface area contributed by atoms with Gasteiger partial charge in [-0.1, -0.05) is 0 Å². The summed E-state index contributed by atoms with van der Waals surface area (Å²) in [6.45, 7) is 4.41. The number of sulfone groups is 1. The Morgan fingerprint density at radius 1 is 1.23 bits per heavy atom. The molecule has 3 atom stereocenters. The van der Waals surface area contributed by atoms with Crippen LogP contribution in [0.1, 0.15) is 39.5 Å². The highest BCUT2D eigenvalue weighted by Gasteiger charge is 2.31. The Bertz CT molecular complexity index is 534. The lowest BCUT2D eigenvalue weighted by Crippen LogP contribution is -2.54. The van der Waals surface area contributed by atoms with Crippen molar-refractivity contribution >= 4 is 21.8 Å². The average Bonchev–Trinajstić information content (AvgIpc) is 2.77. The highest BCUT2D eigenvalue weighted by molar-refractivity contribution is 7.91. The number of likely N-dealkylation sites (tertiary alicyclic amines) is 1. The van der Waals surface area contributed by atoms with Gasteiger partial charge in [0.15, 0.2) is 9.84 Å². The standard InChI is InChI=1S/C14H25N3O4S/c1-10-5-3-4-7-17(10)13(18)11(2)15-14(19)16-12-6-8-22(20,21)9-12/h10-12H,3-9H2,1-2H3,(H2,15,16,19)/t10-,11+,12+/m1/s1. The number of rotatable bonds is 3. The summed E-state index contributed by atoms with van der Waals surface area (Å²) < 4.78 is 22.7. The maximum atomic E-state index is 12.4. The van der Waals surface area contributed by atoms with Crippen molar-refractivity contribution in [3.63, 3.8) is 0 Å². The quantitative estimate of drug-likeness (QED) is 0.775. The van der Waals surface area contributed by atoms with E-state index in [1.807, 2.05) is 11.8 Å². The van der Waals surface area contributed by atoms with Gasteiger partial charge in [0.1, 0.15) is 6.04 Å². The summed E-state index contributed by atoms with van der Waals surface area (Å²) >= 11 is 0. The predicted octanol–water partition coefficient (Wildman–Crippen LogP) is 0.262. The average molecular weight is 331 g/mol. The van der Waals surface area contributed by atoms with Crippen LogP contribution in [0.3, 0.4) is 0 Å². The molecule has 2 rings (SSSR count). The van der Waals surface area contributed by atoms with Crippen molar-refractivity contribution in [2.75, 3.05) is 18.1 Å². The Balaban J connectivity index is 1.82. The number of carbonyl (C=O) groups is 2. The van der Waals surface area contributed by atoms with Crippen LogP contribution in [-0.2, 0) is 14.6 Å². The number of urea groups is 1. The highest BCUT2D eigenvalue weighted by Crippen LogP contribution is 2.17. The van der Waals surface area contributed by atoms with E-state index in [2.05, 4.69) is 10.6 Å². The molecule has 3 amide bonds. The van der Waals surface area contributed by atoms with Gasteiger partial charge in [0, 0.05) is 18.6 Å². The van der Waals surface area contributed by atoms with Crippen molar-refractivity contribution < 1.29 is 18.0 Å². The largest absolute Gasteiger partial charge is 0.338 e. The molecule has 126 valence electrons. The van der Waals surface area contributed by atoms with Gasteiger partial charge in [-0.2, -0.15) is 0 Å². The van der Waals surface area contributed by atoms with E-state index < -0.39 is 21.9 Å². The van der Waals surface area contributed by atoms with Crippen LogP contribution < -0.4 is 10.6 Å². The van der Waals surface area contributed by atoms with Crippen molar-refractivity contribution in [3.05, 3.63) is 0 Å². The van der Waals surface area contributed by atoms with Gasteiger partial charge >= 0.3 is 6.03 Å². The number of piperidine rings is 1. The van der Waals surface area contributed by atoms with Gasteiger partial charge in [-0.05, 0) is 39.5 Å². The minimum absolute atomic E-state index is 0.0219. The first-order valence-corrected chi connectivity index (χ1v) is 9.68. The first kappa shape index (κ1) is 17.1. The van der Waals surface area contributed by atoms with E-state index in [0.29, 0.717) is 6.42 Å². The first-order chi connectivity index (χ1) is 10.3. The normalized spacial score (nSPS) is 28.9. The lowest BCUT2D eigenvalue weighted by Gasteiger charge is -2.35. The molecule has 7 nitrogen and oxygen atoms in total. The van der Waals surface area contributed by atoms with E-state index in [4.69, 9.17) is 0 Å². The fourth-order valence-electron chi connectivity index (χ4n) is 3.07. The molecular weight excluding hydrogens is 306 g/mol. The zero-order valence-electron chi connectivity index (χ0n) is 13.2. The molecule has 2 fully saturated rings. The summed E-state index contributed by atoms with van der Waals surface area (Å²) in [5.41, 5.74) is 0. The summed E-state index contributed by atoms with van der Waals surface area (Å²) in [6, 6.07) is -1.25. The molecule has 0 unspecified atom stereocenters. The number of amides is 3. The molecular formula is C14H25N3O4S. The molecule has 0 radical (unpaired) electrons. The van der Waals surface area contributed by atoms with Gasteiger partial charge in [-0.3, -0.25) is 4.79 Å². The second-order valence-electron chi connectivity index (χ2n) is 6.32. The van der Waals surface area contributed by atoms with Crippen LogP contribution in [0.25, 0.3) is 0 Å². The van der Waals surface area contributed by atoms with Crippen LogP contribution in [-0.4, -0.2) is 61.4 Å². The Hall–Kier alpha value is -1.31. The van der Waals surface area contributed by atoms with Crippen molar-refractivity contribution in [3.8, 4) is 0 Å². The van der Waals surface area contributed by atoms with Gasteiger partial charge in [0.25, 0.3) is 0 Å². The van der Waals surface area contributed by atoms with Crippen LogP contribution in [0.5, 0.6) is 0 Å². The minimum atomic E-state index is -3.03. The summed E-state index contributed by atoms with van der Waals surface area (Å²) in [4.78, 5) is 26.1. The molecule has 8 heteroatoms. The molecule has 2 aliphatic heterocycles. The third kappa shape index (κ3) is 4.34. The van der Waals surface area contributed by atoms with Crippen molar-refractivity contribution in [1.29, 1.82) is 0 Å². The smallest absolute Gasteiger partial charge is 0.315 e. The Morgan fingerprint density at radius 2 is 1.95 bits per heavy atom. The number of carbonyl (C=O) groups excluding carboxylic acids is 2. The molecule has 0 spiro atoms. The Labute approximate surface area is 131 Å². The number of nitrogens with zero attached hydrogens (tertiary/aromatic N) is 1. The third-order valence-electron chi connectivity index (χ3n) is 4.37. The highest BCUT2D eigenvalue weighted by atomic mass is 32.2. The zero-order valence-corrected chi connectivity index (χ0v) is 14.0. The molecule has 0 aliphatic carbocycles. The fraction of sp³-hybridized carbons (Fsp3) is 0.857. The maximum Gasteiger partial charge on any atom is 0.315 e. The molecule has 0 aromatic carbocycles. The molecule has 2 N–H and O–H groups in total. The third-order valence-corrected chi connectivity index (χ3v) is 6.14. The minimum Gasteiger partial charge on any atom is -0.338 e. The second-order valence-corrected chi connectivity index (χ2v) is 8.54. The van der Waals surface area contributed by atoms with Crippen molar-refractivity contribution in [2.45, 2.75) is 57.7 Å². The fourth-order valence-corrected chi connectivity index (χ4v) is 4.74.